The molecule has 0 heterocycles. The van der Waals surface area contributed by atoms with Crippen molar-refractivity contribution in [3.05, 3.63) is 54.1 Å². The third-order valence-corrected chi connectivity index (χ3v) is 3.10. The van der Waals surface area contributed by atoms with Gasteiger partial charge in [0.2, 0.25) is 0 Å². The molecule has 0 atom stereocenters. The summed E-state index contributed by atoms with van der Waals surface area (Å²) in [5.41, 5.74) is 4.69. The van der Waals surface area contributed by atoms with E-state index in [2.05, 4.69) is 10.5 Å². The van der Waals surface area contributed by atoms with Crippen LogP contribution in [0, 0.1) is 0 Å². The van der Waals surface area contributed by atoms with Crippen LogP contribution in [-0.4, -0.2) is 32.0 Å². The molecular formula is C19H22N2O4. The Labute approximate surface area is 147 Å². The van der Waals surface area contributed by atoms with Crippen LogP contribution in [0.25, 0.3) is 0 Å². The topological polar surface area (TPSA) is 69.2 Å². The maximum atomic E-state index is 11.4. The van der Waals surface area contributed by atoms with Crippen LogP contribution in [0.4, 0.5) is 5.69 Å². The smallest absolute Gasteiger partial charge is 0.344 e. The number of hydrogen-bond donors (Lipinski definition) is 1. The van der Waals surface area contributed by atoms with Gasteiger partial charge in [-0.2, -0.15) is 5.10 Å². The normalized spacial score (nSPS) is 10.5. The molecule has 0 bridgehead atoms. The molecule has 0 amide bonds. The lowest BCUT2D eigenvalue weighted by Gasteiger charge is -2.12. The number of esters is 1. The molecule has 2 aromatic rings. The van der Waals surface area contributed by atoms with Gasteiger partial charge in [0, 0.05) is 0 Å². The van der Waals surface area contributed by atoms with E-state index in [9.17, 15) is 4.79 Å². The Balaban J connectivity index is 2.02. The average molecular weight is 342 g/mol. The molecular weight excluding hydrogens is 320 g/mol. The molecule has 0 aliphatic rings. The lowest BCUT2D eigenvalue weighted by molar-refractivity contribution is -0.145. The molecule has 2 rings (SSSR count). The number of hydrazone groups is 1. The minimum atomic E-state index is -0.414. The van der Waals surface area contributed by atoms with E-state index in [1.54, 1.807) is 25.3 Å². The molecule has 0 saturated heterocycles. The van der Waals surface area contributed by atoms with Gasteiger partial charge in [0.1, 0.15) is 0 Å². The fraction of sp³-hybridized carbons (Fsp3) is 0.263. The van der Waals surface area contributed by atoms with Crippen LogP contribution in [-0.2, 0) is 9.53 Å². The van der Waals surface area contributed by atoms with Gasteiger partial charge in [-0.1, -0.05) is 18.2 Å². The standard InChI is InChI=1S/C19H22N2O4/c1-3-23-18-12-15(13-20-21-16-8-6-5-7-9-16)10-11-17(18)25-14-19(22)24-4-2/h5-13,21H,3-4,14H2,1-2H3. The molecule has 0 aliphatic carbocycles. The summed E-state index contributed by atoms with van der Waals surface area (Å²) >= 11 is 0. The molecule has 0 fully saturated rings. The number of anilines is 1. The molecule has 0 spiro atoms. The number of ether oxygens (including phenoxy) is 3. The summed E-state index contributed by atoms with van der Waals surface area (Å²) in [7, 11) is 0. The Kier molecular flexibility index (Phi) is 7.31. The molecule has 0 unspecified atom stereocenters. The highest BCUT2D eigenvalue weighted by Crippen LogP contribution is 2.28. The second-order valence-electron chi connectivity index (χ2n) is 4.97. The maximum absolute atomic E-state index is 11.4. The first-order valence-electron chi connectivity index (χ1n) is 8.12. The summed E-state index contributed by atoms with van der Waals surface area (Å²) in [6, 6.07) is 15.0. The second-order valence-corrected chi connectivity index (χ2v) is 4.97. The largest absolute Gasteiger partial charge is 0.490 e. The first-order valence-corrected chi connectivity index (χ1v) is 8.12. The van der Waals surface area contributed by atoms with Gasteiger partial charge in [-0.05, 0) is 49.7 Å². The predicted octanol–water partition coefficient (Wildman–Crippen LogP) is 3.47. The molecule has 6 heteroatoms. The highest BCUT2D eigenvalue weighted by Gasteiger charge is 2.09. The Morgan fingerprint density at radius 3 is 2.56 bits per heavy atom. The number of para-hydroxylation sites is 1. The number of carbonyl (C=O) groups is 1. The molecule has 6 nitrogen and oxygen atoms in total. The zero-order chi connectivity index (χ0) is 17.9. The van der Waals surface area contributed by atoms with Crippen LogP contribution < -0.4 is 14.9 Å². The van der Waals surface area contributed by atoms with Crippen LogP contribution >= 0.6 is 0 Å². The minimum Gasteiger partial charge on any atom is -0.490 e. The van der Waals surface area contributed by atoms with Crippen molar-refractivity contribution in [1.82, 2.24) is 0 Å². The zero-order valence-electron chi connectivity index (χ0n) is 14.4. The zero-order valence-corrected chi connectivity index (χ0v) is 14.4. The molecule has 0 radical (unpaired) electrons. The van der Waals surface area contributed by atoms with E-state index in [4.69, 9.17) is 14.2 Å². The van der Waals surface area contributed by atoms with Gasteiger partial charge in [-0.25, -0.2) is 4.79 Å². The number of nitrogens with zero attached hydrogens (tertiary/aromatic N) is 1. The van der Waals surface area contributed by atoms with Crippen molar-refractivity contribution >= 4 is 17.9 Å². The highest BCUT2D eigenvalue weighted by atomic mass is 16.6. The van der Waals surface area contributed by atoms with E-state index in [1.807, 2.05) is 43.3 Å². The second kappa shape index (κ2) is 9.97. The van der Waals surface area contributed by atoms with Gasteiger partial charge >= 0.3 is 5.97 Å². The van der Waals surface area contributed by atoms with Gasteiger partial charge in [-0.15, -0.1) is 0 Å². The van der Waals surface area contributed by atoms with Crippen molar-refractivity contribution in [3.63, 3.8) is 0 Å². The maximum Gasteiger partial charge on any atom is 0.344 e. The fourth-order valence-corrected chi connectivity index (χ4v) is 2.03. The Hall–Kier alpha value is -3.02. The summed E-state index contributed by atoms with van der Waals surface area (Å²) in [6.45, 7) is 4.29. The van der Waals surface area contributed by atoms with Crippen molar-refractivity contribution in [3.8, 4) is 11.5 Å². The summed E-state index contributed by atoms with van der Waals surface area (Å²) in [5.74, 6) is 0.626. The van der Waals surface area contributed by atoms with Gasteiger partial charge in [0.25, 0.3) is 0 Å². The summed E-state index contributed by atoms with van der Waals surface area (Å²) < 4.78 is 15.9. The number of benzene rings is 2. The Bertz CT molecular complexity index is 702. The van der Waals surface area contributed by atoms with E-state index >= 15 is 0 Å². The molecule has 0 aliphatic heterocycles. The third kappa shape index (κ3) is 6.18. The average Bonchev–Trinajstić information content (AvgIpc) is 2.62. The van der Waals surface area contributed by atoms with Gasteiger partial charge in [0.15, 0.2) is 18.1 Å². The monoisotopic (exact) mass is 342 g/mol. The third-order valence-electron chi connectivity index (χ3n) is 3.10. The first kappa shape index (κ1) is 18.3. The van der Waals surface area contributed by atoms with Crippen LogP contribution in [0.1, 0.15) is 19.4 Å². The number of rotatable bonds is 9. The van der Waals surface area contributed by atoms with E-state index in [0.717, 1.165) is 11.3 Å². The van der Waals surface area contributed by atoms with E-state index < -0.39 is 5.97 Å². The molecule has 2 aromatic carbocycles. The number of carbonyl (C=O) groups excluding carboxylic acids is 1. The Morgan fingerprint density at radius 2 is 1.84 bits per heavy atom. The molecule has 0 saturated carbocycles. The van der Waals surface area contributed by atoms with Crippen molar-refractivity contribution in [1.29, 1.82) is 0 Å². The summed E-state index contributed by atoms with van der Waals surface area (Å²) in [6.07, 6.45) is 1.69. The van der Waals surface area contributed by atoms with Crippen molar-refractivity contribution < 1.29 is 19.0 Å². The van der Waals surface area contributed by atoms with Crippen molar-refractivity contribution in [2.45, 2.75) is 13.8 Å². The summed E-state index contributed by atoms with van der Waals surface area (Å²) in [4.78, 5) is 11.4. The molecule has 0 aromatic heterocycles. The molecule has 25 heavy (non-hydrogen) atoms. The highest BCUT2D eigenvalue weighted by molar-refractivity contribution is 5.81. The minimum absolute atomic E-state index is 0.156. The lowest BCUT2D eigenvalue weighted by atomic mass is 10.2. The van der Waals surface area contributed by atoms with Crippen LogP contribution in [0.3, 0.4) is 0 Å². The van der Waals surface area contributed by atoms with Gasteiger partial charge in [0.05, 0.1) is 25.1 Å². The fourth-order valence-electron chi connectivity index (χ4n) is 2.03. The number of hydrogen-bond acceptors (Lipinski definition) is 6. The lowest BCUT2D eigenvalue weighted by Crippen LogP contribution is -2.15. The van der Waals surface area contributed by atoms with E-state index in [-0.39, 0.29) is 6.61 Å². The van der Waals surface area contributed by atoms with Crippen LogP contribution in [0.15, 0.2) is 53.6 Å². The predicted molar refractivity (Wildman–Crippen MR) is 97.4 cm³/mol. The molecule has 132 valence electrons. The van der Waals surface area contributed by atoms with Crippen LogP contribution in [0.5, 0.6) is 11.5 Å². The number of nitrogens with one attached hydrogen (secondary N) is 1. The van der Waals surface area contributed by atoms with Gasteiger partial charge < -0.3 is 14.2 Å². The summed E-state index contributed by atoms with van der Waals surface area (Å²) in [5, 5.41) is 4.20. The quantitative estimate of drug-likeness (QED) is 0.429. The SMILES string of the molecule is CCOC(=O)COc1ccc(C=NNc2ccccc2)cc1OCC. The van der Waals surface area contributed by atoms with Crippen molar-refractivity contribution in [2.24, 2.45) is 5.10 Å². The van der Waals surface area contributed by atoms with Crippen molar-refractivity contribution in [2.75, 3.05) is 25.2 Å². The first-order chi connectivity index (χ1) is 12.2. The van der Waals surface area contributed by atoms with Crippen LogP contribution in [0.2, 0.25) is 0 Å². The van der Waals surface area contributed by atoms with E-state index in [0.29, 0.717) is 24.7 Å². The molecule has 1 N–H and O–H groups in total. The van der Waals surface area contributed by atoms with E-state index in [1.165, 1.54) is 0 Å². The van der Waals surface area contributed by atoms with Gasteiger partial charge in [-0.3, -0.25) is 5.43 Å². The Morgan fingerprint density at radius 1 is 1.04 bits per heavy atom.